The minimum Gasteiger partial charge on any atom is -0.481 e. The Morgan fingerprint density at radius 1 is 1.38 bits per heavy atom. The van der Waals surface area contributed by atoms with Crippen LogP contribution in [0.2, 0.25) is 0 Å². The van der Waals surface area contributed by atoms with Gasteiger partial charge in [-0.1, -0.05) is 18.2 Å². The highest BCUT2D eigenvalue weighted by Gasteiger charge is 2.11. The van der Waals surface area contributed by atoms with Crippen LogP contribution in [-0.4, -0.2) is 21.0 Å². The van der Waals surface area contributed by atoms with Crippen molar-refractivity contribution in [3.8, 4) is 0 Å². The van der Waals surface area contributed by atoms with E-state index in [2.05, 4.69) is 9.97 Å². The molecular weight excluding hydrogens is 275 g/mol. The average Bonchev–Trinajstić information content (AvgIpc) is 2.40. The van der Waals surface area contributed by atoms with Crippen molar-refractivity contribution in [2.45, 2.75) is 26.2 Å². The molecule has 0 aliphatic rings. The van der Waals surface area contributed by atoms with Crippen molar-refractivity contribution in [3.05, 3.63) is 63.1 Å². The third kappa shape index (κ3) is 3.75. The zero-order valence-electron chi connectivity index (χ0n) is 11.5. The number of hydrogen-bond donors (Lipinski definition) is 2. The van der Waals surface area contributed by atoms with Crippen LogP contribution in [0.3, 0.4) is 0 Å². The van der Waals surface area contributed by atoms with Crippen LogP contribution in [0.15, 0.2) is 29.1 Å². The van der Waals surface area contributed by atoms with Gasteiger partial charge in [-0.3, -0.25) is 9.59 Å². The zero-order chi connectivity index (χ0) is 15.4. The number of carboxylic acids is 1. The summed E-state index contributed by atoms with van der Waals surface area (Å²) in [7, 11) is 0. The first kappa shape index (κ1) is 14.9. The minimum absolute atomic E-state index is 0.127. The summed E-state index contributed by atoms with van der Waals surface area (Å²) in [6.07, 6.45) is 0.184. The van der Waals surface area contributed by atoms with Gasteiger partial charge in [-0.15, -0.1) is 0 Å². The van der Waals surface area contributed by atoms with E-state index in [1.165, 1.54) is 6.07 Å². The number of benzene rings is 1. The number of aliphatic carboxylic acids is 1. The lowest BCUT2D eigenvalue weighted by atomic mass is 10.1. The highest BCUT2D eigenvalue weighted by molar-refractivity contribution is 5.67. The van der Waals surface area contributed by atoms with Crippen LogP contribution in [0.1, 0.15) is 29.1 Å². The second-order valence-corrected chi connectivity index (χ2v) is 4.74. The molecule has 1 aromatic heterocycles. The SMILES string of the molecule is Cc1nc(Cc2ccccc2F)[nH]c(=O)c1CCC(=O)O. The lowest BCUT2D eigenvalue weighted by molar-refractivity contribution is -0.136. The highest BCUT2D eigenvalue weighted by Crippen LogP contribution is 2.11. The van der Waals surface area contributed by atoms with Gasteiger partial charge in [-0.25, -0.2) is 9.37 Å². The molecule has 0 spiro atoms. The van der Waals surface area contributed by atoms with Gasteiger partial charge in [0.15, 0.2) is 0 Å². The molecule has 1 heterocycles. The number of hydrogen-bond acceptors (Lipinski definition) is 3. The fourth-order valence-corrected chi connectivity index (χ4v) is 2.10. The Morgan fingerprint density at radius 3 is 2.71 bits per heavy atom. The molecule has 0 saturated carbocycles. The Morgan fingerprint density at radius 2 is 2.10 bits per heavy atom. The molecule has 0 aliphatic heterocycles. The summed E-state index contributed by atoms with van der Waals surface area (Å²) < 4.78 is 13.6. The fraction of sp³-hybridized carbons (Fsp3) is 0.267. The standard InChI is InChI=1S/C15H15FN2O3/c1-9-11(6-7-14(19)20)15(21)18-13(17-9)8-10-4-2-3-5-12(10)16/h2-5H,6-8H2,1H3,(H,19,20)(H,17,18,21). The Labute approximate surface area is 120 Å². The van der Waals surface area contributed by atoms with E-state index in [-0.39, 0.29) is 30.6 Å². The van der Waals surface area contributed by atoms with E-state index in [4.69, 9.17) is 5.11 Å². The molecule has 0 saturated heterocycles. The number of rotatable bonds is 5. The molecule has 6 heteroatoms. The number of carbonyl (C=O) groups is 1. The number of aryl methyl sites for hydroxylation is 1. The van der Waals surface area contributed by atoms with Gasteiger partial charge in [0.05, 0.1) is 0 Å². The van der Waals surface area contributed by atoms with Gasteiger partial charge in [0.1, 0.15) is 11.6 Å². The molecule has 0 bridgehead atoms. The average molecular weight is 290 g/mol. The third-order valence-electron chi connectivity index (χ3n) is 3.18. The van der Waals surface area contributed by atoms with E-state index in [0.717, 1.165) is 0 Å². The van der Waals surface area contributed by atoms with Gasteiger partial charge < -0.3 is 10.1 Å². The molecule has 0 aliphatic carbocycles. The van der Waals surface area contributed by atoms with Gasteiger partial charge in [-0.05, 0) is 25.0 Å². The number of nitrogens with zero attached hydrogens (tertiary/aromatic N) is 1. The first-order chi connectivity index (χ1) is 9.97. The van der Waals surface area contributed by atoms with Crippen molar-refractivity contribution in [1.29, 1.82) is 0 Å². The molecular formula is C15H15FN2O3. The maximum atomic E-state index is 13.6. The van der Waals surface area contributed by atoms with E-state index in [0.29, 0.717) is 22.6 Å². The predicted molar refractivity (Wildman–Crippen MR) is 74.8 cm³/mol. The van der Waals surface area contributed by atoms with Gasteiger partial charge >= 0.3 is 5.97 Å². The van der Waals surface area contributed by atoms with Crippen molar-refractivity contribution in [2.75, 3.05) is 0 Å². The summed E-state index contributed by atoms with van der Waals surface area (Å²) in [4.78, 5) is 29.4. The van der Waals surface area contributed by atoms with E-state index in [9.17, 15) is 14.0 Å². The first-order valence-corrected chi connectivity index (χ1v) is 6.51. The molecule has 0 fully saturated rings. The fourth-order valence-electron chi connectivity index (χ4n) is 2.10. The summed E-state index contributed by atoms with van der Waals surface area (Å²) in [5.41, 5.74) is 0.912. The zero-order valence-corrected chi connectivity index (χ0v) is 11.5. The third-order valence-corrected chi connectivity index (χ3v) is 3.18. The Hall–Kier alpha value is -2.50. The van der Waals surface area contributed by atoms with Gasteiger partial charge in [-0.2, -0.15) is 0 Å². The van der Waals surface area contributed by atoms with E-state index in [1.54, 1.807) is 25.1 Å². The molecule has 0 unspecified atom stereocenters. The van der Waals surface area contributed by atoms with Crippen LogP contribution in [0, 0.1) is 12.7 Å². The molecule has 21 heavy (non-hydrogen) atoms. The molecule has 110 valence electrons. The first-order valence-electron chi connectivity index (χ1n) is 6.51. The molecule has 2 aromatic rings. The lowest BCUT2D eigenvalue weighted by Crippen LogP contribution is -2.20. The van der Waals surface area contributed by atoms with E-state index < -0.39 is 5.97 Å². The van der Waals surface area contributed by atoms with Gasteiger partial charge in [0, 0.05) is 24.1 Å². The highest BCUT2D eigenvalue weighted by atomic mass is 19.1. The van der Waals surface area contributed by atoms with E-state index in [1.807, 2.05) is 0 Å². The summed E-state index contributed by atoms with van der Waals surface area (Å²) in [5.74, 6) is -0.960. The van der Waals surface area contributed by atoms with Crippen LogP contribution < -0.4 is 5.56 Å². The number of H-pyrrole nitrogens is 1. The van der Waals surface area contributed by atoms with Gasteiger partial charge in [0.25, 0.3) is 5.56 Å². The largest absolute Gasteiger partial charge is 0.481 e. The number of carboxylic acid groups (broad SMARTS) is 1. The Balaban J connectivity index is 2.26. The summed E-state index contributed by atoms with van der Waals surface area (Å²) in [5, 5.41) is 8.66. The minimum atomic E-state index is -0.968. The van der Waals surface area contributed by atoms with Crippen LogP contribution in [0.5, 0.6) is 0 Å². The van der Waals surface area contributed by atoms with Crippen LogP contribution >= 0.6 is 0 Å². The van der Waals surface area contributed by atoms with E-state index >= 15 is 0 Å². The summed E-state index contributed by atoms with van der Waals surface area (Å²) in [6.45, 7) is 1.65. The predicted octanol–water partition coefficient (Wildman–Crippen LogP) is 1.83. The Kier molecular flexibility index (Phi) is 4.47. The summed E-state index contributed by atoms with van der Waals surface area (Å²) in [6, 6.07) is 6.28. The van der Waals surface area contributed by atoms with Crippen LogP contribution in [0.4, 0.5) is 4.39 Å². The number of aromatic nitrogens is 2. The van der Waals surface area contributed by atoms with Gasteiger partial charge in [0.2, 0.25) is 0 Å². The van der Waals surface area contributed by atoms with Crippen molar-refractivity contribution < 1.29 is 14.3 Å². The number of nitrogens with one attached hydrogen (secondary N) is 1. The number of aromatic amines is 1. The smallest absolute Gasteiger partial charge is 0.303 e. The lowest BCUT2D eigenvalue weighted by Gasteiger charge is -2.07. The molecule has 2 N–H and O–H groups in total. The maximum absolute atomic E-state index is 13.6. The maximum Gasteiger partial charge on any atom is 0.303 e. The molecule has 0 radical (unpaired) electrons. The molecule has 0 amide bonds. The Bertz CT molecular complexity index is 725. The van der Waals surface area contributed by atoms with Crippen molar-refractivity contribution in [2.24, 2.45) is 0 Å². The van der Waals surface area contributed by atoms with Crippen molar-refractivity contribution in [3.63, 3.8) is 0 Å². The van der Waals surface area contributed by atoms with Crippen LogP contribution in [0.25, 0.3) is 0 Å². The summed E-state index contributed by atoms with van der Waals surface area (Å²) >= 11 is 0. The second-order valence-electron chi connectivity index (χ2n) is 4.74. The quantitative estimate of drug-likeness (QED) is 0.880. The topological polar surface area (TPSA) is 83.0 Å². The van der Waals surface area contributed by atoms with Crippen LogP contribution in [-0.2, 0) is 17.6 Å². The van der Waals surface area contributed by atoms with Crippen molar-refractivity contribution in [1.82, 2.24) is 9.97 Å². The molecule has 1 aromatic carbocycles. The molecule has 0 atom stereocenters. The number of halogens is 1. The monoisotopic (exact) mass is 290 g/mol. The normalized spacial score (nSPS) is 10.6. The molecule has 5 nitrogen and oxygen atoms in total. The van der Waals surface area contributed by atoms with Crippen molar-refractivity contribution >= 4 is 5.97 Å². The molecule has 2 rings (SSSR count). The second kappa shape index (κ2) is 6.30.